The molecule has 0 amide bonds. The van der Waals surface area contributed by atoms with Crippen LogP contribution in [0.2, 0.25) is 0 Å². The number of rotatable bonds is 3. The molecule has 0 fully saturated rings. The van der Waals surface area contributed by atoms with Crippen molar-refractivity contribution in [1.29, 1.82) is 0 Å². The maximum absolute atomic E-state index is 12.5. The summed E-state index contributed by atoms with van der Waals surface area (Å²) in [5.41, 5.74) is 5.42. The Morgan fingerprint density at radius 1 is 0.194 bits per heavy atom. The summed E-state index contributed by atoms with van der Waals surface area (Å²) in [4.78, 5) is 0. The second-order valence-electron chi connectivity index (χ2n) is 15.6. The van der Waals surface area contributed by atoms with Crippen LogP contribution < -0.4 is 71.9 Å². The smallest absolute Gasteiger partial charge is 0.872 e. The molecular weight excluding hydrogens is 928 g/mol. The topological polar surface area (TPSA) is 69.2 Å². The van der Waals surface area contributed by atoms with E-state index in [0.717, 1.165) is 98.0 Å². The maximum atomic E-state index is 12.5. The van der Waals surface area contributed by atoms with E-state index in [9.17, 15) is 15.3 Å². The third-order valence-electron chi connectivity index (χ3n) is 11.8. The van der Waals surface area contributed by atoms with E-state index in [1.54, 1.807) is 18.2 Å². The number of fused-ring (bicyclic) bond motifs is 6. The summed E-state index contributed by atoms with van der Waals surface area (Å²) in [7, 11) is 0. The van der Waals surface area contributed by atoms with Gasteiger partial charge in [0.2, 0.25) is 0 Å². The van der Waals surface area contributed by atoms with Crippen LogP contribution in [0.25, 0.3) is 98.0 Å². The summed E-state index contributed by atoms with van der Waals surface area (Å²) in [6.45, 7) is 0. The van der Waals surface area contributed by atoms with Crippen LogP contribution in [0.15, 0.2) is 237 Å². The second kappa shape index (κ2) is 23.1. The van der Waals surface area contributed by atoms with Gasteiger partial charge in [0.05, 0.1) is 0 Å². The van der Waals surface area contributed by atoms with Crippen LogP contribution in [0.5, 0.6) is 17.2 Å². The van der Waals surface area contributed by atoms with E-state index in [1.807, 2.05) is 164 Å². The molecule has 67 heavy (non-hydrogen) atoms. The van der Waals surface area contributed by atoms with Crippen molar-refractivity contribution in [2.75, 3.05) is 0 Å². The molecule has 12 aromatic carbocycles. The molecule has 0 atom stereocenters. The molecule has 3 nitrogen and oxygen atoms in total. The van der Waals surface area contributed by atoms with Crippen molar-refractivity contribution in [3.63, 3.8) is 0 Å². The van der Waals surface area contributed by atoms with E-state index in [1.165, 1.54) is 0 Å². The monoisotopic (exact) mass is 967 g/mol. The minimum Gasteiger partial charge on any atom is -0.872 e. The zero-order valence-corrected chi connectivity index (χ0v) is 41.4. The molecule has 0 bridgehead atoms. The molecule has 7 heteroatoms. The molecule has 0 aliphatic rings. The minimum atomic E-state index is 0. The molecule has 0 spiro atoms. The van der Waals surface area contributed by atoms with Gasteiger partial charge in [-0.1, -0.05) is 237 Å². The van der Waals surface area contributed by atoms with E-state index in [-0.39, 0.29) is 109 Å². The first-order chi connectivity index (χ1) is 31.0. The number of benzene rings is 12. The maximum Gasteiger partial charge on any atom is 1.00 e. The molecular formula is C60H39LaLi3O3. The Labute approximate surface area is 454 Å². The second-order valence-corrected chi connectivity index (χ2v) is 15.6. The Kier molecular flexibility index (Phi) is 17.5. The fourth-order valence-electron chi connectivity index (χ4n) is 8.92. The molecule has 12 aromatic rings. The van der Waals surface area contributed by atoms with Crippen LogP contribution in [0.4, 0.5) is 0 Å². The van der Waals surface area contributed by atoms with Gasteiger partial charge in [-0.15, -0.1) is 17.2 Å². The summed E-state index contributed by atoms with van der Waals surface area (Å²) < 4.78 is 0. The summed E-state index contributed by atoms with van der Waals surface area (Å²) in [5, 5.41) is 50.6. The number of hydrogen-bond donors (Lipinski definition) is 0. The summed E-state index contributed by atoms with van der Waals surface area (Å²) in [6.07, 6.45) is 0. The minimum absolute atomic E-state index is 0. The van der Waals surface area contributed by atoms with Gasteiger partial charge in [-0.05, 0) is 98.0 Å². The van der Waals surface area contributed by atoms with Crippen molar-refractivity contribution < 1.29 is 108 Å². The average Bonchev–Trinajstić information content (AvgIpc) is 3.34. The van der Waals surface area contributed by atoms with Gasteiger partial charge in [-0.3, -0.25) is 0 Å². The van der Waals surface area contributed by atoms with Gasteiger partial charge in [0, 0.05) is 35.6 Å². The van der Waals surface area contributed by atoms with E-state index in [4.69, 9.17) is 0 Å². The van der Waals surface area contributed by atoms with Crippen molar-refractivity contribution >= 4 is 64.6 Å². The van der Waals surface area contributed by atoms with Crippen LogP contribution in [0.3, 0.4) is 0 Å². The first kappa shape index (κ1) is 51.0. The van der Waals surface area contributed by atoms with E-state index >= 15 is 0 Å². The molecule has 0 aliphatic heterocycles. The zero-order valence-electron chi connectivity index (χ0n) is 37.8. The van der Waals surface area contributed by atoms with Crippen molar-refractivity contribution in [3.05, 3.63) is 237 Å². The molecule has 12 rings (SSSR count). The van der Waals surface area contributed by atoms with Crippen LogP contribution in [-0.2, 0) is 0 Å². The van der Waals surface area contributed by atoms with Crippen LogP contribution in [0.1, 0.15) is 0 Å². The van der Waals surface area contributed by atoms with Crippen LogP contribution in [-0.4, -0.2) is 0 Å². The zero-order chi connectivity index (χ0) is 42.7. The first-order valence-electron chi connectivity index (χ1n) is 21.0. The number of hydrogen-bond acceptors (Lipinski definition) is 3. The predicted octanol–water partition coefficient (Wildman–Crippen LogP) is 5.21. The third kappa shape index (κ3) is 10.4. The average molecular weight is 968 g/mol. The van der Waals surface area contributed by atoms with Gasteiger partial charge >= 0.3 is 56.6 Å². The molecule has 1 radical (unpaired) electrons. The van der Waals surface area contributed by atoms with Gasteiger partial charge < -0.3 is 15.3 Å². The molecule has 0 aromatic heterocycles. The van der Waals surface area contributed by atoms with Gasteiger partial charge in [0.15, 0.2) is 0 Å². The molecule has 0 saturated carbocycles. The summed E-state index contributed by atoms with van der Waals surface area (Å²) in [6, 6.07) is 77.8. The summed E-state index contributed by atoms with van der Waals surface area (Å²) >= 11 is 0. The normalized spacial score (nSPS) is 10.4. The Hall–Kier alpha value is -5.41. The molecule has 0 saturated heterocycles. The first-order valence-corrected chi connectivity index (χ1v) is 21.0. The largest absolute Gasteiger partial charge is 1.00 e. The van der Waals surface area contributed by atoms with Crippen molar-refractivity contribution in [2.24, 2.45) is 0 Å². The fourth-order valence-corrected chi connectivity index (χ4v) is 8.92. The van der Waals surface area contributed by atoms with Gasteiger partial charge in [-0.2, -0.15) is 0 Å². The summed E-state index contributed by atoms with van der Waals surface area (Å²) in [5.74, 6) is 0.222. The van der Waals surface area contributed by atoms with Gasteiger partial charge in [-0.25, -0.2) is 0 Å². The third-order valence-corrected chi connectivity index (χ3v) is 11.8. The SMILES string of the molecule is [La].[Li+].[Li+].[Li+].[O-]c1ccc2ccccc2c1-c1cccc2ccccc12.[O-]c1ccc2ccccc2c1-c1cccc2ccccc12.[O-]c1ccc2ccccc2c1-c1cccc2ccccc12. The molecule has 0 N–H and O–H groups in total. The fraction of sp³-hybridized carbons (Fsp3) is 0. The van der Waals surface area contributed by atoms with Crippen molar-refractivity contribution in [2.45, 2.75) is 0 Å². The standard InChI is InChI=1S/3C20H14O.La.3Li/c3*21-19-13-12-15-7-2-4-10-17(15)20(19)18-11-5-8-14-6-1-3-9-16(14)18;;;;/h3*1-13,21H;;;;/q;;;;3*+1/p-3. The Balaban J connectivity index is 0.000000161. The van der Waals surface area contributed by atoms with E-state index in [0.29, 0.717) is 0 Å². The quantitative estimate of drug-likeness (QED) is 0.229. The van der Waals surface area contributed by atoms with E-state index in [2.05, 4.69) is 54.6 Å². The molecule has 0 heterocycles. The molecule has 0 unspecified atom stereocenters. The van der Waals surface area contributed by atoms with Crippen molar-refractivity contribution in [1.82, 2.24) is 0 Å². The predicted molar refractivity (Wildman–Crippen MR) is 259 cm³/mol. The van der Waals surface area contributed by atoms with Crippen LogP contribution in [0, 0.1) is 35.6 Å². The van der Waals surface area contributed by atoms with Gasteiger partial charge in [0.1, 0.15) is 0 Å². The van der Waals surface area contributed by atoms with Crippen LogP contribution >= 0.6 is 0 Å². The van der Waals surface area contributed by atoms with Gasteiger partial charge in [0.25, 0.3) is 0 Å². The Morgan fingerprint density at radius 2 is 0.388 bits per heavy atom. The van der Waals surface area contributed by atoms with Crippen molar-refractivity contribution in [3.8, 4) is 50.6 Å². The van der Waals surface area contributed by atoms with E-state index < -0.39 is 0 Å². The Bertz CT molecular complexity index is 3250. The molecule has 0 aliphatic carbocycles. The molecule has 303 valence electrons. The Morgan fingerprint density at radius 3 is 0.642 bits per heavy atom.